The van der Waals surface area contributed by atoms with Gasteiger partial charge in [0.05, 0.1) is 27.3 Å². The molecule has 5 aromatic rings. The minimum Gasteiger partial charge on any atom is -0.490 e. The Balaban J connectivity index is 1.49. The van der Waals surface area contributed by atoms with Gasteiger partial charge in [-0.1, -0.05) is 72.2 Å². The van der Waals surface area contributed by atoms with Crippen molar-refractivity contribution in [2.45, 2.75) is 33.3 Å². The predicted octanol–water partition coefficient (Wildman–Crippen LogP) is 7.90. The minimum absolute atomic E-state index is 0.00635. The van der Waals surface area contributed by atoms with E-state index in [1.807, 2.05) is 63.2 Å². The average Bonchev–Trinajstić information content (AvgIpc) is 2.92. The van der Waals surface area contributed by atoms with Crippen molar-refractivity contribution in [2.75, 3.05) is 6.61 Å². The van der Waals surface area contributed by atoms with E-state index in [0.717, 1.165) is 19.2 Å². The van der Waals surface area contributed by atoms with Gasteiger partial charge < -0.3 is 9.47 Å². The predicted molar refractivity (Wildman–Crippen MR) is 169 cm³/mol. The summed E-state index contributed by atoms with van der Waals surface area (Å²) >= 11 is 5.70. The Bertz CT molecular complexity index is 1760. The van der Waals surface area contributed by atoms with Crippen molar-refractivity contribution in [1.29, 1.82) is 0 Å². The molecule has 0 N–H and O–H groups in total. The lowest BCUT2D eigenvalue weighted by molar-refractivity contribution is 0.268. The second-order valence-corrected chi connectivity index (χ2v) is 11.4. The molecular formula is C31H27BrIN3O3. The zero-order chi connectivity index (χ0) is 27.5. The quantitative estimate of drug-likeness (QED) is 0.122. The fourth-order valence-electron chi connectivity index (χ4n) is 4.41. The van der Waals surface area contributed by atoms with Crippen LogP contribution in [0.5, 0.6) is 11.5 Å². The van der Waals surface area contributed by atoms with Gasteiger partial charge in [0.15, 0.2) is 11.5 Å². The summed E-state index contributed by atoms with van der Waals surface area (Å²) in [5.74, 6) is 1.91. The van der Waals surface area contributed by atoms with Crippen molar-refractivity contribution in [1.82, 2.24) is 9.66 Å². The molecule has 5 rings (SSSR count). The molecular weight excluding hydrogens is 669 g/mol. The van der Waals surface area contributed by atoms with Crippen LogP contribution in [0.4, 0.5) is 0 Å². The van der Waals surface area contributed by atoms with Crippen LogP contribution in [0.15, 0.2) is 87.2 Å². The first-order valence-electron chi connectivity index (χ1n) is 12.7. The molecule has 6 nitrogen and oxygen atoms in total. The molecule has 0 fully saturated rings. The summed E-state index contributed by atoms with van der Waals surface area (Å²) in [6.07, 6.45) is 1.66. The molecule has 0 amide bonds. The highest BCUT2D eigenvalue weighted by Crippen LogP contribution is 2.35. The Kier molecular flexibility index (Phi) is 8.32. The third kappa shape index (κ3) is 5.86. The van der Waals surface area contributed by atoms with Crippen LogP contribution in [0.2, 0.25) is 0 Å². The standard InChI is InChI=1S/C31H27BrIN3O3/c1-4-38-28-15-20(14-26(33)29(28)39-18-22-10-7-9-21-8-5-6-11-24(21)22)17-34-36-30(19(2)3)35-27-13-12-23(32)16-25(27)31(36)37/h5-17,19H,4,18H2,1-3H3. The Morgan fingerprint density at radius 1 is 1.03 bits per heavy atom. The molecule has 0 bridgehead atoms. The Hall–Kier alpha value is -3.24. The van der Waals surface area contributed by atoms with Crippen molar-refractivity contribution >= 4 is 66.4 Å². The topological polar surface area (TPSA) is 65.7 Å². The lowest BCUT2D eigenvalue weighted by Crippen LogP contribution is -2.23. The van der Waals surface area contributed by atoms with Crippen LogP contribution in [-0.2, 0) is 6.61 Å². The normalized spacial score (nSPS) is 11.6. The summed E-state index contributed by atoms with van der Waals surface area (Å²) in [4.78, 5) is 18.1. The lowest BCUT2D eigenvalue weighted by Gasteiger charge is -2.16. The smallest absolute Gasteiger partial charge is 0.282 e. The molecule has 0 radical (unpaired) electrons. The van der Waals surface area contributed by atoms with E-state index >= 15 is 0 Å². The summed E-state index contributed by atoms with van der Waals surface area (Å²) in [6.45, 7) is 6.83. The van der Waals surface area contributed by atoms with Gasteiger partial charge in [0.2, 0.25) is 0 Å². The maximum atomic E-state index is 13.4. The van der Waals surface area contributed by atoms with Crippen LogP contribution in [0.1, 0.15) is 43.6 Å². The summed E-state index contributed by atoms with van der Waals surface area (Å²) in [5, 5.41) is 7.43. The first kappa shape index (κ1) is 27.3. The van der Waals surface area contributed by atoms with Crippen LogP contribution < -0.4 is 15.0 Å². The lowest BCUT2D eigenvalue weighted by atomic mass is 10.1. The summed E-state index contributed by atoms with van der Waals surface area (Å²) < 4.78 is 15.4. The van der Waals surface area contributed by atoms with E-state index < -0.39 is 0 Å². The molecule has 8 heteroatoms. The van der Waals surface area contributed by atoms with Gasteiger partial charge in [-0.05, 0) is 81.7 Å². The van der Waals surface area contributed by atoms with Gasteiger partial charge in [-0.15, -0.1) is 0 Å². The zero-order valence-corrected chi connectivity index (χ0v) is 25.6. The van der Waals surface area contributed by atoms with E-state index in [0.29, 0.717) is 41.4 Å². The number of benzene rings is 4. The van der Waals surface area contributed by atoms with E-state index in [1.54, 1.807) is 12.3 Å². The SMILES string of the molecule is CCOc1cc(C=Nn2c(C(C)C)nc3ccc(Br)cc3c2=O)cc(I)c1OCc1cccc2ccccc12. The summed E-state index contributed by atoms with van der Waals surface area (Å²) in [7, 11) is 0. The molecule has 0 aliphatic heterocycles. The molecule has 0 unspecified atom stereocenters. The van der Waals surface area contributed by atoms with Crippen molar-refractivity contribution in [3.8, 4) is 11.5 Å². The highest BCUT2D eigenvalue weighted by atomic mass is 127. The van der Waals surface area contributed by atoms with Gasteiger partial charge in [0, 0.05) is 10.4 Å². The largest absolute Gasteiger partial charge is 0.490 e. The molecule has 0 atom stereocenters. The maximum Gasteiger partial charge on any atom is 0.282 e. The monoisotopic (exact) mass is 695 g/mol. The molecule has 0 saturated carbocycles. The van der Waals surface area contributed by atoms with Gasteiger partial charge >= 0.3 is 0 Å². The highest BCUT2D eigenvalue weighted by molar-refractivity contribution is 14.1. The van der Waals surface area contributed by atoms with Gasteiger partial charge in [-0.25, -0.2) is 4.98 Å². The summed E-state index contributed by atoms with van der Waals surface area (Å²) in [6, 6.07) is 23.9. The van der Waals surface area contributed by atoms with Gasteiger partial charge in [0.25, 0.3) is 5.56 Å². The van der Waals surface area contributed by atoms with Crippen LogP contribution in [0, 0.1) is 3.57 Å². The number of hydrogen-bond acceptors (Lipinski definition) is 5. The number of rotatable bonds is 8. The van der Waals surface area contributed by atoms with Crippen molar-refractivity contribution in [3.05, 3.63) is 108 Å². The van der Waals surface area contributed by atoms with Gasteiger partial charge in [-0.2, -0.15) is 9.78 Å². The minimum atomic E-state index is -0.212. The number of halogens is 2. The van der Waals surface area contributed by atoms with Gasteiger partial charge in [-0.3, -0.25) is 4.79 Å². The van der Waals surface area contributed by atoms with Crippen molar-refractivity contribution in [3.63, 3.8) is 0 Å². The molecule has 4 aromatic carbocycles. The maximum absolute atomic E-state index is 13.4. The van der Waals surface area contributed by atoms with Crippen LogP contribution in [0.3, 0.4) is 0 Å². The second kappa shape index (κ2) is 11.9. The fraction of sp³-hybridized carbons (Fsp3) is 0.194. The molecule has 0 spiro atoms. The molecule has 39 heavy (non-hydrogen) atoms. The molecule has 0 aliphatic carbocycles. The van der Waals surface area contributed by atoms with Crippen molar-refractivity contribution in [2.24, 2.45) is 5.10 Å². The fourth-order valence-corrected chi connectivity index (χ4v) is 5.55. The number of ether oxygens (including phenoxy) is 2. The van der Waals surface area contributed by atoms with Crippen LogP contribution in [-0.4, -0.2) is 22.5 Å². The van der Waals surface area contributed by atoms with Crippen LogP contribution in [0.25, 0.3) is 21.7 Å². The first-order valence-corrected chi connectivity index (χ1v) is 14.5. The highest BCUT2D eigenvalue weighted by Gasteiger charge is 2.16. The Labute approximate surface area is 248 Å². The van der Waals surface area contributed by atoms with E-state index in [4.69, 9.17) is 14.5 Å². The number of aromatic nitrogens is 2. The first-order chi connectivity index (χ1) is 18.9. The molecule has 0 aliphatic rings. The zero-order valence-electron chi connectivity index (χ0n) is 21.8. The summed E-state index contributed by atoms with van der Waals surface area (Å²) in [5.41, 5.74) is 2.33. The molecule has 1 aromatic heterocycles. The van der Waals surface area contributed by atoms with E-state index in [9.17, 15) is 4.79 Å². The second-order valence-electron chi connectivity index (χ2n) is 9.34. The number of fused-ring (bicyclic) bond motifs is 2. The number of nitrogens with zero attached hydrogens (tertiary/aromatic N) is 3. The molecule has 0 saturated heterocycles. The average molecular weight is 696 g/mol. The third-order valence-corrected chi connectivity index (χ3v) is 7.55. The Morgan fingerprint density at radius 2 is 1.82 bits per heavy atom. The molecule has 1 heterocycles. The van der Waals surface area contributed by atoms with Crippen molar-refractivity contribution < 1.29 is 9.47 Å². The molecule has 198 valence electrons. The van der Waals surface area contributed by atoms with E-state index in [1.165, 1.54) is 15.4 Å². The Morgan fingerprint density at radius 3 is 2.62 bits per heavy atom. The number of hydrogen-bond donors (Lipinski definition) is 0. The van der Waals surface area contributed by atoms with Gasteiger partial charge in [0.1, 0.15) is 12.4 Å². The van der Waals surface area contributed by atoms with E-state index in [2.05, 4.69) is 67.9 Å². The third-order valence-electron chi connectivity index (χ3n) is 6.26. The van der Waals surface area contributed by atoms with Crippen LogP contribution >= 0.6 is 38.5 Å². The van der Waals surface area contributed by atoms with E-state index in [-0.39, 0.29) is 11.5 Å².